The molecule has 0 unspecified atom stereocenters. The molecule has 0 spiro atoms. The van der Waals surface area contributed by atoms with Crippen LogP contribution in [0.5, 0.6) is 5.75 Å². The summed E-state index contributed by atoms with van der Waals surface area (Å²) in [7, 11) is 1.70. The first-order chi connectivity index (χ1) is 12.8. The normalized spacial score (nSPS) is 15.2. The average Bonchev–Trinajstić information content (AvgIpc) is 3.05. The lowest BCUT2D eigenvalue weighted by Gasteiger charge is -2.36. The molecule has 0 N–H and O–H groups in total. The van der Waals surface area contributed by atoms with E-state index in [1.165, 1.54) is 5.69 Å². The quantitative estimate of drug-likeness (QED) is 0.728. The Morgan fingerprint density at radius 3 is 2.69 bits per heavy atom. The summed E-state index contributed by atoms with van der Waals surface area (Å²) < 4.78 is 7.37. The van der Waals surface area contributed by atoms with Crippen LogP contribution in [0.4, 0.5) is 5.69 Å². The van der Waals surface area contributed by atoms with Crippen LogP contribution in [0, 0.1) is 11.3 Å². The largest absolute Gasteiger partial charge is 0.497 e. The Hall–Kier alpha value is -2.97. The first-order valence-corrected chi connectivity index (χ1v) is 8.88. The van der Waals surface area contributed by atoms with Crippen molar-refractivity contribution in [2.75, 3.05) is 38.2 Å². The van der Waals surface area contributed by atoms with E-state index in [0.29, 0.717) is 0 Å². The van der Waals surface area contributed by atoms with Gasteiger partial charge < -0.3 is 14.0 Å². The Morgan fingerprint density at radius 1 is 1.08 bits per heavy atom. The molecule has 4 rings (SSSR count). The van der Waals surface area contributed by atoms with Crippen molar-refractivity contribution in [3.05, 3.63) is 66.0 Å². The monoisotopic (exact) mass is 346 g/mol. The molecule has 0 bridgehead atoms. The Bertz CT molecular complexity index is 948. The summed E-state index contributed by atoms with van der Waals surface area (Å²) in [5.41, 5.74) is 4.09. The highest BCUT2D eigenvalue weighted by Crippen LogP contribution is 2.24. The van der Waals surface area contributed by atoms with Gasteiger partial charge in [0.25, 0.3) is 0 Å². The summed E-state index contributed by atoms with van der Waals surface area (Å²) in [4.78, 5) is 4.81. The average molecular weight is 346 g/mol. The third-order valence-corrected chi connectivity index (χ3v) is 5.06. The van der Waals surface area contributed by atoms with E-state index in [0.717, 1.165) is 55.1 Å². The first kappa shape index (κ1) is 16.5. The molecule has 132 valence electrons. The molecule has 2 aromatic heterocycles. The molecule has 0 saturated carbocycles. The molecule has 5 heteroatoms. The van der Waals surface area contributed by atoms with E-state index in [4.69, 9.17) is 4.74 Å². The molecule has 1 fully saturated rings. The van der Waals surface area contributed by atoms with Crippen LogP contribution in [0.2, 0.25) is 0 Å². The second kappa shape index (κ2) is 7.11. The van der Waals surface area contributed by atoms with Crippen LogP contribution in [0.25, 0.3) is 5.52 Å². The van der Waals surface area contributed by atoms with E-state index in [9.17, 15) is 5.26 Å². The lowest BCUT2D eigenvalue weighted by molar-refractivity contribution is 0.249. The summed E-state index contributed by atoms with van der Waals surface area (Å²) in [6, 6.07) is 16.6. The van der Waals surface area contributed by atoms with E-state index in [2.05, 4.69) is 34.2 Å². The second-order valence-corrected chi connectivity index (χ2v) is 6.60. The van der Waals surface area contributed by atoms with Crippen molar-refractivity contribution in [3.8, 4) is 11.8 Å². The van der Waals surface area contributed by atoms with Gasteiger partial charge >= 0.3 is 0 Å². The topological polar surface area (TPSA) is 43.9 Å². The third-order valence-electron chi connectivity index (χ3n) is 5.06. The van der Waals surface area contributed by atoms with Crippen LogP contribution < -0.4 is 9.64 Å². The molecule has 0 aliphatic carbocycles. The van der Waals surface area contributed by atoms with Crippen molar-refractivity contribution in [1.82, 2.24) is 9.30 Å². The smallest absolute Gasteiger partial charge is 0.120 e. The van der Waals surface area contributed by atoms with Crippen molar-refractivity contribution < 1.29 is 4.74 Å². The van der Waals surface area contributed by atoms with Gasteiger partial charge in [0.2, 0.25) is 0 Å². The van der Waals surface area contributed by atoms with Crippen LogP contribution in [-0.2, 0) is 6.54 Å². The molecule has 3 heterocycles. The molecular weight excluding hydrogens is 324 g/mol. The number of anilines is 1. The zero-order valence-corrected chi connectivity index (χ0v) is 14.9. The number of piperazine rings is 1. The first-order valence-electron chi connectivity index (χ1n) is 8.88. The summed E-state index contributed by atoms with van der Waals surface area (Å²) >= 11 is 0. The van der Waals surface area contributed by atoms with Gasteiger partial charge in [-0.25, -0.2) is 0 Å². The van der Waals surface area contributed by atoms with Gasteiger partial charge in [0, 0.05) is 62.4 Å². The molecule has 0 amide bonds. The van der Waals surface area contributed by atoms with E-state index in [1.807, 2.05) is 40.9 Å². The van der Waals surface area contributed by atoms with Crippen LogP contribution in [0.3, 0.4) is 0 Å². The van der Waals surface area contributed by atoms with Crippen molar-refractivity contribution in [3.63, 3.8) is 0 Å². The van der Waals surface area contributed by atoms with Gasteiger partial charge in [-0.05, 0) is 24.3 Å². The Morgan fingerprint density at radius 2 is 1.92 bits per heavy atom. The maximum Gasteiger partial charge on any atom is 0.120 e. The van der Waals surface area contributed by atoms with Crippen molar-refractivity contribution in [2.45, 2.75) is 6.54 Å². The van der Waals surface area contributed by atoms with Gasteiger partial charge in [-0.15, -0.1) is 0 Å². The van der Waals surface area contributed by atoms with E-state index in [1.54, 1.807) is 7.11 Å². The SMILES string of the molecule is COc1cccc(N2CCN(Cc3cn4ccccc4c3C#N)CC2)c1. The predicted octanol–water partition coefficient (Wildman–Crippen LogP) is 3.14. The highest BCUT2D eigenvalue weighted by molar-refractivity contribution is 5.65. The van der Waals surface area contributed by atoms with Crippen LogP contribution >= 0.6 is 0 Å². The molecule has 1 aromatic carbocycles. The highest BCUT2D eigenvalue weighted by atomic mass is 16.5. The van der Waals surface area contributed by atoms with Crippen LogP contribution in [-0.4, -0.2) is 42.6 Å². The molecule has 0 radical (unpaired) electrons. The molecule has 1 aliphatic rings. The number of pyridine rings is 1. The maximum atomic E-state index is 9.57. The van der Waals surface area contributed by atoms with Crippen LogP contribution in [0.1, 0.15) is 11.1 Å². The number of rotatable bonds is 4. The van der Waals surface area contributed by atoms with E-state index in [-0.39, 0.29) is 0 Å². The molecule has 5 nitrogen and oxygen atoms in total. The van der Waals surface area contributed by atoms with Crippen molar-refractivity contribution >= 4 is 11.2 Å². The molecule has 1 saturated heterocycles. The zero-order chi connectivity index (χ0) is 17.9. The number of nitrogens with zero attached hydrogens (tertiary/aromatic N) is 4. The summed E-state index contributed by atoms with van der Waals surface area (Å²) in [5, 5.41) is 9.57. The van der Waals surface area contributed by atoms with Crippen molar-refractivity contribution in [1.29, 1.82) is 5.26 Å². The number of benzene rings is 1. The number of fused-ring (bicyclic) bond motifs is 1. The Kier molecular flexibility index (Phi) is 4.51. The lowest BCUT2D eigenvalue weighted by Crippen LogP contribution is -2.46. The number of ether oxygens (including phenoxy) is 1. The second-order valence-electron chi connectivity index (χ2n) is 6.60. The third kappa shape index (κ3) is 3.12. The maximum absolute atomic E-state index is 9.57. The van der Waals surface area contributed by atoms with Gasteiger partial charge in [-0.1, -0.05) is 12.1 Å². The molecule has 3 aromatic rings. The zero-order valence-electron chi connectivity index (χ0n) is 14.9. The number of nitriles is 1. The van der Waals surface area contributed by atoms with Gasteiger partial charge in [-0.2, -0.15) is 5.26 Å². The summed E-state index contributed by atoms with van der Waals surface area (Å²) in [6.07, 6.45) is 4.09. The fourth-order valence-corrected chi connectivity index (χ4v) is 3.64. The molecule has 26 heavy (non-hydrogen) atoms. The minimum atomic E-state index is 0.792. The Labute approximate surface area is 153 Å². The van der Waals surface area contributed by atoms with Gasteiger partial charge in [-0.3, -0.25) is 4.90 Å². The standard InChI is InChI=1S/C21H22N4O/c1-26-19-6-4-5-18(13-19)24-11-9-23(10-12-24)15-17-16-25-8-3-2-7-21(25)20(17)14-22/h2-8,13,16H,9-12,15H2,1H3. The molecular formula is C21H22N4O. The lowest BCUT2D eigenvalue weighted by atomic mass is 10.1. The number of methoxy groups -OCH3 is 1. The fourth-order valence-electron chi connectivity index (χ4n) is 3.64. The van der Waals surface area contributed by atoms with Gasteiger partial charge in [0.05, 0.1) is 18.2 Å². The number of hydrogen-bond donors (Lipinski definition) is 0. The minimum Gasteiger partial charge on any atom is -0.497 e. The fraction of sp³-hybridized carbons (Fsp3) is 0.286. The van der Waals surface area contributed by atoms with E-state index >= 15 is 0 Å². The molecule has 1 aliphatic heterocycles. The summed E-state index contributed by atoms with van der Waals surface area (Å²) in [6.45, 7) is 4.73. The van der Waals surface area contributed by atoms with Gasteiger partial charge in [0.1, 0.15) is 11.8 Å². The molecule has 0 atom stereocenters. The summed E-state index contributed by atoms with van der Waals surface area (Å²) in [5.74, 6) is 0.893. The number of aromatic nitrogens is 1. The Balaban J connectivity index is 1.45. The van der Waals surface area contributed by atoms with Crippen molar-refractivity contribution in [2.24, 2.45) is 0 Å². The predicted molar refractivity (Wildman–Crippen MR) is 103 cm³/mol. The van der Waals surface area contributed by atoms with Gasteiger partial charge in [0.15, 0.2) is 0 Å². The highest BCUT2D eigenvalue weighted by Gasteiger charge is 2.20. The number of hydrogen-bond acceptors (Lipinski definition) is 4. The minimum absolute atomic E-state index is 0.792. The van der Waals surface area contributed by atoms with E-state index < -0.39 is 0 Å². The van der Waals surface area contributed by atoms with Crippen LogP contribution in [0.15, 0.2) is 54.9 Å².